The molecule has 1 heterocycles. The van der Waals surface area contributed by atoms with E-state index in [0.29, 0.717) is 35.7 Å². The largest absolute Gasteiger partial charge is 0.466 e. The second-order valence-electron chi connectivity index (χ2n) is 10.9. The van der Waals surface area contributed by atoms with Gasteiger partial charge in [-0.1, -0.05) is 31.4 Å². The van der Waals surface area contributed by atoms with Crippen LogP contribution in [0.1, 0.15) is 67.3 Å². The van der Waals surface area contributed by atoms with Crippen molar-refractivity contribution >= 4 is 23.6 Å². The smallest absolute Gasteiger partial charge is 0.416 e. The van der Waals surface area contributed by atoms with Crippen LogP contribution in [-0.4, -0.2) is 54.5 Å². The summed E-state index contributed by atoms with van der Waals surface area (Å²) in [4.78, 5) is 30.6. The Morgan fingerprint density at radius 2 is 1.86 bits per heavy atom. The van der Waals surface area contributed by atoms with Gasteiger partial charge in [0.25, 0.3) is 0 Å². The molecule has 9 nitrogen and oxygen atoms in total. The van der Waals surface area contributed by atoms with E-state index in [1.165, 1.54) is 25.5 Å². The third-order valence-electron chi connectivity index (χ3n) is 8.27. The first-order valence-corrected chi connectivity index (χ1v) is 14.1. The maximum Gasteiger partial charge on any atom is 0.416 e. The monoisotopic (exact) mass is 596 g/mol. The first-order valence-electron chi connectivity index (χ1n) is 14.1. The van der Waals surface area contributed by atoms with Gasteiger partial charge in [0.05, 0.1) is 29.9 Å². The van der Waals surface area contributed by atoms with Crippen LogP contribution in [0.25, 0.3) is 0 Å². The van der Waals surface area contributed by atoms with E-state index in [1.54, 1.807) is 18.2 Å². The summed E-state index contributed by atoms with van der Waals surface area (Å²) in [7, 11) is 3.20. The average Bonchev–Trinajstić information content (AvgIpc) is 2.99. The third kappa shape index (κ3) is 6.51. The maximum absolute atomic E-state index is 13.6. The number of nitrogens with zero attached hydrogens (tertiary/aromatic N) is 4. The van der Waals surface area contributed by atoms with Gasteiger partial charge in [0, 0.05) is 24.0 Å². The van der Waals surface area contributed by atoms with E-state index < -0.39 is 35.7 Å². The van der Waals surface area contributed by atoms with Crippen molar-refractivity contribution in [1.82, 2.24) is 9.80 Å². The summed E-state index contributed by atoms with van der Waals surface area (Å²) in [6.07, 6.45) is 1.54. The van der Waals surface area contributed by atoms with Gasteiger partial charge >= 0.3 is 18.2 Å². The lowest BCUT2D eigenvalue weighted by Gasteiger charge is -2.43. The number of methoxy groups -OCH3 is 1. The molecule has 0 aromatic heterocycles. The number of rotatable bonds is 7. The number of carbonyl (C=O) groups excluding carboxylic acids is 2. The summed E-state index contributed by atoms with van der Waals surface area (Å²) in [5.41, 5.74) is 6.30. The zero-order valence-electron chi connectivity index (χ0n) is 24.4. The van der Waals surface area contributed by atoms with Gasteiger partial charge in [-0.15, -0.1) is 0 Å². The van der Waals surface area contributed by atoms with Crippen molar-refractivity contribution in [3.63, 3.8) is 0 Å². The number of nitrogens with one attached hydrogen (secondary N) is 1. The first-order chi connectivity index (χ1) is 20.4. The van der Waals surface area contributed by atoms with Gasteiger partial charge in [-0.2, -0.15) is 18.4 Å². The Morgan fingerprint density at radius 3 is 2.47 bits per heavy atom. The SMILES string of the molecule is COC(=O)C1=C(C)N(c2cccc(C(F)(F)F)c2)C(=N)N(C(N)=O)[C@@H]1c1ccc(C#N)cc1CCN(C)C1CCCCC1. The number of allylic oxidation sites excluding steroid dienone is 1. The Labute approximate surface area is 248 Å². The van der Waals surface area contributed by atoms with Gasteiger partial charge in [-0.05, 0) is 74.7 Å². The Kier molecular flexibility index (Phi) is 9.45. The van der Waals surface area contributed by atoms with E-state index in [1.807, 2.05) is 7.05 Å². The molecule has 43 heavy (non-hydrogen) atoms. The second-order valence-corrected chi connectivity index (χ2v) is 10.9. The number of benzene rings is 2. The van der Waals surface area contributed by atoms with Gasteiger partial charge in [0.15, 0.2) is 0 Å². The molecule has 1 saturated carbocycles. The summed E-state index contributed by atoms with van der Waals surface area (Å²) < 4.78 is 45.8. The Bertz CT molecular complexity index is 1480. The van der Waals surface area contributed by atoms with Gasteiger partial charge in [0.1, 0.15) is 6.04 Å². The standard InChI is InChI=1S/C31H35F3N6O3/c1-19-26(28(41)43-3)27(40(30(37)42)29(36)39(19)24-11-7-8-22(17-24)31(32,33)34)25-13-12-20(18-35)16-21(25)14-15-38(2)23-9-5-4-6-10-23/h7-8,11-13,16-17,23,27,36H,4-6,9-10,14-15H2,1-3H3,(H2,37,42)/t27-/m1/s1. The Morgan fingerprint density at radius 1 is 1.16 bits per heavy atom. The molecule has 0 saturated heterocycles. The molecule has 1 aliphatic carbocycles. The number of likely N-dealkylation sites (N-methyl/N-ethyl adjacent to an activating group) is 1. The number of anilines is 1. The lowest BCUT2D eigenvalue weighted by Crippen LogP contribution is -2.55. The quantitative estimate of drug-likeness (QED) is 0.395. The van der Waals surface area contributed by atoms with Crippen LogP contribution in [-0.2, 0) is 22.1 Å². The van der Waals surface area contributed by atoms with E-state index in [9.17, 15) is 28.0 Å². The van der Waals surface area contributed by atoms with Crippen molar-refractivity contribution in [3.05, 3.63) is 76.0 Å². The minimum Gasteiger partial charge on any atom is -0.466 e. The van der Waals surface area contributed by atoms with Crippen molar-refractivity contribution < 1.29 is 27.5 Å². The molecular formula is C31H35F3N6O3. The highest BCUT2D eigenvalue weighted by molar-refractivity contribution is 6.10. The number of nitriles is 1. The fraction of sp³-hybridized carbons (Fsp3) is 0.419. The Balaban J connectivity index is 1.86. The molecule has 2 amide bonds. The van der Waals surface area contributed by atoms with Crippen molar-refractivity contribution in [3.8, 4) is 6.07 Å². The summed E-state index contributed by atoms with van der Waals surface area (Å²) in [6.45, 7) is 2.12. The van der Waals surface area contributed by atoms with Gasteiger partial charge in [0.2, 0.25) is 5.96 Å². The van der Waals surface area contributed by atoms with E-state index in [0.717, 1.165) is 54.7 Å². The molecule has 228 valence electrons. The van der Waals surface area contributed by atoms with Gasteiger partial charge in [-0.3, -0.25) is 15.2 Å². The summed E-state index contributed by atoms with van der Waals surface area (Å²) in [6, 6.07) is 9.36. The van der Waals surface area contributed by atoms with Crippen LogP contribution in [0.3, 0.4) is 0 Å². The highest BCUT2D eigenvalue weighted by Gasteiger charge is 2.44. The first kappa shape index (κ1) is 31.6. The third-order valence-corrected chi connectivity index (χ3v) is 8.27. The Hall–Kier alpha value is -4.37. The minimum absolute atomic E-state index is 0.0682. The highest BCUT2D eigenvalue weighted by Crippen LogP contribution is 2.42. The normalized spacial score (nSPS) is 18.2. The molecular weight excluding hydrogens is 561 g/mol. The number of hydrogen-bond donors (Lipinski definition) is 2. The molecule has 1 fully saturated rings. The van der Waals surface area contributed by atoms with Crippen molar-refractivity contribution in [2.24, 2.45) is 5.73 Å². The van der Waals surface area contributed by atoms with Crippen LogP contribution in [0, 0.1) is 16.7 Å². The number of carbonyl (C=O) groups is 2. The predicted molar refractivity (Wildman–Crippen MR) is 155 cm³/mol. The highest BCUT2D eigenvalue weighted by atomic mass is 19.4. The lowest BCUT2D eigenvalue weighted by atomic mass is 9.87. The number of hydrogen-bond acceptors (Lipinski definition) is 6. The molecule has 12 heteroatoms. The van der Waals surface area contributed by atoms with E-state index in [2.05, 4.69) is 11.0 Å². The molecule has 1 aliphatic heterocycles. The van der Waals surface area contributed by atoms with E-state index >= 15 is 0 Å². The van der Waals surface area contributed by atoms with Crippen molar-refractivity contribution in [2.75, 3.05) is 25.6 Å². The number of guanidine groups is 1. The number of halogens is 3. The van der Waals surface area contributed by atoms with Crippen molar-refractivity contribution in [1.29, 1.82) is 10.7 Å². The number of nitrogens with two attached hydrogens (primary N) is 1. The molecule has 0 radical (unpaired) electrons. The average molecular weight is 597 g/mol. The summed E-state index contributed by atoms with van der Waals surface area (Å²) >= 11 is 0. The number of amides is 2. The molecule has 2 aromatic rings. The van der Waals surface area contributed by atoms with E-state index in [4.69, 9.17) is 15.9 Å². The zero-order valence-corrected chi connectivity index (χ0v) is 24.4. The second kappa shape index (κ2) is 12.9. The molecule has 0 spiro atoms. The van der Waals surface area contributed by atoms with Crippen LogP contribution in [0.4, 0.5) is 23.7 Å². The fourth-order valence-corrected chi connectivity index (χ4v) is 6.03. The minimum atomic E-state index is -4.66. The molecule has 1 atom stereocenters. The molecule has 3 N–H and O–H groups in total. The lowest BCUT2D eigenvalue weighted by molar-refractivity contribution is -0.138. The van der Waals surface area contributed by atoms with Crippen molar-refractivity contribution in [2.45, 2.75) is 63.7 Å². The number of alkyl halides is 3. The molecule has 2 aromatic carbocycles. The van der Waals surface area contributed by atoms with Crippen LogP contribution < -0.4 is 10.6 Å². The van der Waals surface area contributed by atoms with E-state index in [-0.39, 0.29) is 17.0 Å². The van der Waals surface area contributed by atoms with Gasteiger partial charge < -0.3 is 15.4 Å². The number of primary amides is 1. The molecule has 0 bridgehead atoms. The molecule has 4 rings (SSSR count). The van der Waals surface area contributed by atoms with Crippen LogP contribution in [0.2, 0.25) is 0 Å². The topological polar surface area (TPSA) is 127 Å². The number of esters is 1. The maximum atomic E-state index is 13.6. The van der Waals surface area contributed by atoms with Crippen LogP contribution in [0.5, 0.6) is 0 Å². The van der Waals surface area contributed by atoms with Gasteiger partial charge in [-0.25, -0.2) is 9.59 Å². The molecule has 0 unspecified atom stereocenters. The summed E-state index contributed by atoms with van der Waals surface area (Å²) in [5.74, 6) is -1.37. The van der Waals surface area contributed by atoms with Crippen LogP contribution in [0.15, 0.2) is 53.7 Å². The number of ether oxygens (including phenoxy) is 1. The molecule has 2 aliphatic rings. The fourth-order valence-electron chi connectivity index (χ4n) is 6.03. The number of urea groups is 1. The predicted octanol–water partition coefficient (Wildman–Crippen LogP) is 5.71. The zero-order chi connectivity index (χ0) is 31.5. The summed E-state index contributed by atoms with van der Waals surface area (Å²) in [5, 5.41) is 18.6. The van der Waals surface area contributed by atoms with Crippen LogP contribution >= 0.6 is 0 Å².